The quantitative estimate of drug-likeness (QED) is 0.450. The van der Waals surface area contributed by atoms with E-state index in [4.69, 9.17) is 19.6 Å². The standard InChI is InChI=1S/C25H21FN4O6/c1-34-19-11-14(23(27)30-24(32)17-5-3-4-6-18(17)29-25(30)33)12-20(35-2)22(19)36-13-21(31)28-16-9-7-15(26)8-10-16/h3-12,17,27H,13H2,1-2H3,(H,28,31). The van der Waals surface area contributed by atoms with Crippen LogP contribution in [0.4, 0.5) is 14.9 Å². The number of methoxy groups -OCH3 is 2. The molecule has 2 aromatic rings. The summed E-state index contributed by atoms with van der Waals surface area (Å²) in [4.78, 5) is 42.4. The number of imide groups is 1. The van der Waals surface area contributed by atoms with E-state index in [0.29, 0.717) is 16.3 Å². The molecular formula is C25H21FN4O6. The van der Waals surface area contributed by atoms with Crippen molar-refractivity contribution < 1.29 is 33.0 Å². The van der Waals surface area contributed by atoms with Crippen LogP contribution in [0.5, 0.6) is 17.2 Å². The van der Waals surface area contributed by atoms with E-state index in [-0.39, 0.29) is 22.8 Å². The van der Waals surface area contributed by atoms with Crippen molar-refractivity contribution in [3.8, 4) is 17.2 Å². The smallest absolute Gasteiger partial charge is 0.356 e. The molecule has 10 nitrogen and oxygen atoms in total. The van der Waals surface area contributed by atoms with Crippen LogP contribution in [0.2, 0.25) is 0 Å². The number of allylic oxidation sites excluding steroid dienone is 3. The first-order valence-electron chi connectivity index (χ1n) is 10.7. The van der Waals surface area contributed by atoms with Gasteiger partial charge in [-0.25, -0.2) is 14.1 Å². The highest BCUT2D eigenvalue weighted by Crippen LogP contribution is 2.39. The third kappa shape index (κ3) is 4.85. The summed E-state index contributed by atoms with van der Waals surface area (Å²) in [6.07, 6.45) is 6.52. The Labute approximate surface area is 205 Å². The topological polar surface area (TPSA) is 130 Å². The number of amides is 4. The van der Waals surface area contributed by atoms with Gasteiger partial charge in [-0.3, -0.25) is 15.0 Å². The van der Waals surface area contributed by atoms with E-state index in [9.17, 15) is 18.8 Å². The first-order valence-corrected chi connectivity index (χ1v) is 10.7. The van der Waals surface area contributed by atoms with E-state index in [0.717, 1.165) is 0 Å². The Kier molecular flexibility index (Phi) is 6.91. The van der Waals surface area contributed by atoms with Crippen molar-refractivity contribution in [3.05, 3.63) is 72.1 Å². The molecular weight excluding hydrogens is 471 g/mol. The van der Waals surface area contributed by atoms with Gasteiger partial charge in [-0.2, -0.15) is 4.99 Å². The van der Waals surface area contributed by atoms with Crippen molar-refractivity contribution in [2.24, 2.45) is 10.9 Å². The van der Waals surface area contributed by atoms with Crippen LogP contribution in [0.3, 0.4) is 0 Å². The highest BCUT2D eigenvalue weighted by molar-refractivity contribution is 6.29. The number of nitrogens with zero attached hydrogens (tertiary/aromatic N) is 2. The molecule has 184 valence electrons. The van der Waals surface area contributed by atoms with Gasteiger partial charge in [0, 0.05) is 11.3 Å². The summed E-state index contributed by atoms with van der Waals surface area (Å²) in [7, 11) is 2.70. The maximum atomic E-state index is 13.1. The van der Waals surface area contributed by atoms with E-state index in [2.05, 4.69) is 10.3 Å². The molecule has 2 aliphatic rings. The summed E-state index contributed by atoms with van der Waals surface area (Å²) in [6.45, 7) is -0.428. The van der Waals surface area contributed by atoms with Gasteiger partial charge in [0.25, 0.3) is 5.91 Å². The van der Waals surface area contributed by atoms with Gasteiger partial charge >= 0.3 is 6.03 Å². The Morgan fingerprint density at radius 3 is 2.42 bits per heavy atom. The minimum absolute atomic E-state index is 0.0720. The van der Waals surface area contributed by atoms with Crippen molar-refractivity contribution in [2.75, 3.05) is 26.1 Å². The van der Waals surface area contributed by atoms with Gasteiger partial charge in [-0.05, 0) is 42.5 Å². The summed E-state index contributed by atoms with van der Waals surface area (Å²) < 4.78 is 29.4. The summed E-state index contributed by atoms with van der Waals surface area (Å²) >= 11 is 0. The molecule has 1 aliphatic heterocycles. The minimum atomic E-state index is -0.882. The van der Waals surface area contributed by atoms with Crippen LogP contribution in [0.25, 0.3) is 0 Å². The number of aliphatic imine (C=N–C) groups is 1. The number of urea groups is 1. The summed E-state index contributed by atoms with van der Waals surface area (Å²) in [6, 6.07) is 7.12. The Balaban J connectivity index is 1.55. The third-order valence-corrected chi connectivity index (χ3v) is 5.34. The predicted octanol–water partition coefficient (Wildman–Crippen LogP) is 3.33. The number of benzene rings is 2. The van der Waals surface area contributed by atoms with E-state index in [1.165, 1.54) is 50.6 Å². The number of carbonyl (C=O) groups is 3. The molecule has 4 amide bonds. The van der Waals surface area contributed by atoms with Crippen LogP contribution in [0.1, 0.15) is 5.56 Å². The third-order valence-electron chi connectivity index (χ3n) is 5.34. The fourth-order valence-corrected chi connectivity index (χ4v) is 3.60. The number of nitrogens with one attached hydrogen (secondary N) is 2. The van der Waals surface area contributed by atoms with Gasteiger partial charge in [0.1, 0.15) is 11.7 Å². The zero-order valence-electron chi connectivity index (χ0n) is 19.3. The number of ether oxygens (including phenoxy) is 3. The number of hydrogen-bond acceptors (Lipinski definition) is 7. The second-order valence-electron chi connectivity index (χ2n) is 7.62. The monoisotopic (exact) mass is 492 g/mol. The molecule has 0 aromatic heterocycles. The van der Waals surface area contributed by atoms with E-state index >= 15 is 0 Å². The number of fused-ring (bicyclic) bond motifs is 1. The number of carbonyl (C=O) groups excluding carboxylic acids is 3. The van der Waals surface area contributed by atoms with E-state index < -0.39 is 42.0 Å². The van der Waals surface area contributed by atoms with Crippen molar-refractivity contribution in [2.45, 2.75) is 0 Å². The summed E-state index contributed by atoms with van der Waals surface area (Å²) in [5, 5.41) is 11.1. The minimum Gasteiger partial charge on any atom is -0.493 e. The number of rotatable bonds is 7. The summed E-state index contributed by atoms with van der Waals surface area (Å²) in [5.74, 6) is -2.47. The highest BCUT2D eigenvalue weighted by atomic mass is 19.1. The number of amidine groups is 1. The SMILES string of the molecule is COc1cc(C(=N)N2C(=O)N=C3C=CC=CC3C2=O)cc(OC)c1OCC(=O)Nc1ccc(F)cc1. The Hall–Kier alpha value is -4.80. The second kappa shape index (κ2) is 10.2. The van der Waals surface area contributed by atoms with E-state index in [1.54, 1.807) is 24.3 Å². The van der Waals surface area contributed by atoms with Crippen molar-refractivity contribution in [3.63, 3.8) is 0 Å². The maximum Gasteiger partial charge on any atom is 0.356 e. The largest absolute Gasteiger partial charge is 0.493 e. The zero-order valence-corrected chi connectivity index (χ0v) is 19.3. The fraction of sp³-hybridized carbons (Fsp3) is 0.160. The van der Waals surface area contributed by atoms with Crippen LogP contribution in [-0.2, 0) is 9.59 Å². The molecule has 11 heteroatoms. The van der Waals surface area contributed by atoms with Crippen LogP contribution < -0.4 is 19.5 Å². The molecule has 0 spiro atoms. The molecule has 2 aromatic carbocycles. The first kappa shape index (κ1) is 24.3. The molecule has 1 heterocycles. The molecule has 0 bridgehead atoms. The molecule has 36 heavy (non-hydrogen) atoms. The van der Waals surface area contributed by atoms with Gasteiger partial charge in [-0.15, -0.1) is 0 Å². The van der Waals surface area contributed by atoms with Crippen LogP contribution in [-0.4, -0.2) is 55.1 Å². The van der Waals surface area contributed by atoms with Gasteiger partial charge in [-0.1, -0.05) is 18.2 Å². The lowest BCUT2D eigenvalue weighted by atomic mass is 9.95. The molecule has 0 radical (unpaired) electrons. The molecule has 0 saturated carbocycles. The van der Waals surface area contributed by atoms with E-state index in [1.807, 2.05) is 0 Å². The Morgan fingerprint density at radius 2 is 1.78 bits per heavy atom. The maximum absolute atomic E-state index is 13.1. The summed E-state index contributed by atoms with van der Waals surface area (Å²) in [5.41, 5.74) is 0.828. The molecule has 1 unspecified atom stereocenters. The van der Waals surface area contributed by atoms with Crippen molar-refractivity contribution >= 4 is 35.1 Å². The zero-order chi connectivity index (χ0) is 25.8. The molecule has 0 saturated heterocycles. The molecule has 4 rings (SSSR count). The Bertz CT molecular complexity index is 1310. The molecule has 1 atom stereocenters. The second-order valence-corrected chi connectivity index (χ2v) is 7.62. The molecule has 1 aliphatic carbocycles. The van der Waals surface area contributed by atoms with Gasteiger partial charge in [0.15, 0.2) is 18.1 Å². The van der Waals surface area contributed by atoms with Crippen molar-refractivity contribution in [1.29, 1.82) is 5.41 Å². The normalized spacial score (nSPS) is 16.2. The average Bonchev–Trinajstić information content (AvgIpc) is 2.88. The van der Waals surface area contributed by atoms with Gasteiger partial charge in [0.05, 0.1) is 25.8 Å². The van der Waals surface area contributed by atoms with Gasteiger partial charge in [0.2, 0.25) is 11.7 Å². The molecule has 0 fully saturated rings. The number of hydrogen-bond donors (Lipinski definition) is 2. The van der Waals surface area contributed by atoms with Crippen molar-refractivity contribution in [1.82, 2.24) is 4.90 Å². The van der Waals surface area contributed by atoms with Crippen LogP contribution in [0, 0.1) is 17.1 Å². The lowest BCUT2D eigenvalue weighted by molar-refractivity contribution is -0.126. The Morgan fingerprint density at radius 1 is 1.11 bits per heavy atom. The van der Waals surface area contributed by atoms with Gasteiger partial charge < -0.3 is 19.5 Å². The molecule has 2 N–H and O–H groups in total. The highest BCUT2D eigenvalue weighted by Gasteiger charge is 2.38. The lowest BCUT2D eigenvalue weighted by Crippen LogP contribution is -2.49. The lowest BCUT2D eigenvalue weighted by Gasteiger charge is -2.28. The number of halogens is 1. The van der Waals surface area contributed by atoms with Crippen LogP contribution in [0.15, 0.2) is 65.7 Å². The average molecular weight is 492 g/mol. The predicted molar refractivity (Wildman–Crippen MR) is 128 cm³/mol. The fourth-order valence-electron chi connectivity index (χ4n) is 3.60. The number of anilines is 1. The van der Waals surface area contributed by atoms with Crippen LogP contribution >= 0.6 is 0 Å². The first-order chi connectivity index (χ1) is 17.3.